The summed E-state index contributed by atoms with van der Waals surface area (Å²) in [5.41, 5.74) is -0.260. The summed E-state index contributed by atoms with van der Waals surface area (Å²) in [7, 11) is 0. The first-order chi connectivity index (χ1) is 9.86. The Balaban J connectivity index is 2.45. The molecule has 2 rings (SSSR count). The Bertz CT molecular complexity index is 490. The molecule has 1 aromatic rings. The number of halogens is 3. The van der Waals surface area contributed by atoms with E-state index in [1.54, 1.807) is 4.90 Å². The van der Waals surface area contributed by atoms with Gasteiger partial charge in [-0.1, -0.05) is 13.0 Å². The van der Waals surface area contributed by atoms with E-state index in [0.717, 1.165) is 6.07 Å². The Labute approximate surface area is 122 Å². The molecule has 3 nitrogen and oxygen atoms in total. The molecule has 1 N–H and O–H groups in total. The topological polar surface area (TPSA) is 32.7 Å². The first-order valence-electron chi connectivity index (χ1n) is 7.06. The van der Waals surface area contributed by atoms with Gasteiger partial charge in [-0.3, -0.25) is 0 Å². The third kappa shape index (κ3) is 3.49. The van der Waals surface area contributed by atoms with Crippen LogP contribution in [0.4, 0.5) is 18.9 Å². The molecule has 0 amide bonds. The van der Waals surface area contributed by atoms with Gasteiger partial charge in [-0.15, -0.1) is 0 Å². The van der Waals surface area contributed by atoms with Crippen molar-refractivity contribution in [2.24, 2.45) is 0 Å². The second kappa shape index (κ2) is 6.23. The molecule has 1 aromatic carbocycles. The normalized spacial score (nSPS) is 23.4. The standard InChI is InChI=1S/C15H20F3NO2/c1-3-12-9-21-10(2)7-19(12)14-5-4-11(8-20)6-13(14)15(16,17)18/h4-6,10,12,20H,3,7-9H2,1-2H3. The first-order valence-corrected chi connectivity index (χ1v) is 7.06. The van der Waals surface area contributed by atoms with Gasteiger partial charge in [0.2, 0.25) is 0 Å². The average molecular weight is 303 g/mol. The molecule has 118 valence electrons. The molecule has 1 heterocycles. The molecule has 0 aromatic heterocycles. The predicted molar refractivity (Wildman–Crippen MR) is 74.2 cm³/mol. The van der Waals surface area contributed by atoms with E-state index in [2.05, 4.69) is 0 Å². The Morgan fingerprint density at radius 3 is 2.67 bits per heavy atom. The van der Waals surface area contributed by atoms with E-state index in [4.69, 9.17) is 9.84 Å². The van der Waals surface area contributed by atoms with Crippen molar-refractivity contribution in [1.29, 1.82) is 0 Å². The van der Waals surface area contributed by atoms with Crippen molar-refractivity contribution >= 4 is 5.69 Å². The molecule has 1 saturated heterocycles. The van der Waals surface area contributed by atoms with Crippen molar-refractivity contribution in [3.63, 3.8) is 0 Å². The summed E-state index contributed by atoms with van der Waals surface area (Å²) in [6, 6.07) is 3.96. The quantitative estimate of drug-likeness (QED) is 0.931. The molecule has 0 radical (unpaired) electrons. The lowest BCUT2D eigenvalue weighted by Gasteiger charge is -2.41. The van der Waals surface area contributed by atoms with Gasteiger partial charge in [0.05, 0.1) is 30.9 Å². The van der Waals surface area contributed by atoms with E-state index in [-0.39, 0.29) is 23.4 Å². The summed E-state index contributed by atoms with van der Waals surface area (Å²) < 4.78 is 45.5. The third-order valence-electron chi connectivity index (χ3n) is 3.80. The molecular formula is C15H20F3NO2. The van der Waals surface area contributed by atoms with Gasteiger partial charge < -0.3 is 14.7 Å². The molecule has 2 unspecified atom stereocenters. The molecular weight excluding hydrogens is 283 g/mol. The predicted octanol–water partition coefficient (Wildman–Crippen LogP) is 3.20. The fourth-order valence-electron chi connectivity index (χ4n) is 2.64. The van der Waals surface area contributed by atoms with Crippen LogP contribution in [0, 0.1) is 0 Å². The Morgan fingerprint density at radius 1 is 1.38 bits per heavy atom. The number of hydrogen-bond acceptors (Lipinski definition) is 3. The summed E-state index contributed by atoms with van der Waals surface area (Å²) >= 11 is 0. The maximum Gasteiger partial charge on any atom is 0.418 e. The SMILES string of the molecule is CCC1COC(C)CN1c1ccc(CO)cc1C(F)(F)F. The zero-order valence-corrected chi connectivity index (χ0v) is 12.2. The van der Waals surface area contributed by atoms with Gasteiger partial charge in [-0.2, -0.15) is 13.2 Å². The van der Waals surface area contributed by atoms with Crippen LogP contribution in [0.25, 0.3) is 0 Å². The minimum absolute atomic E-state index is 0.0673. The highest BCUT2D eigenvalue weighted by atomic mass is 19.4. The maximum atomic E-state index is 13.3. The molecule has 0 saturated carbocycles. The van der Waals surface area contributed by atoms with Crippen LogP contribution in [-0.2, 0) is 17.5 Å². The largest absolute Gasteiger partial charge is 0.418 e. The number of rotatable bonds is 3. The van der Waals surface area contributed by atoms with Crippen LogP contribution < -0.4 is 4.90 Å². The smallest absolute Gasteiger partial charge is 0.392 e. The van der Waals surface area contributed by atoms with Gasteiger partial charge in [-0.25, -0.2) is 0 Å². The minimum atomic E-state index is -4.44. The highest BCUT2D eigenvalue weighted by Crippen LogP contribution is 2.39. The van der Waals surface area contributed by atoms with Gasteiger partial charge in [-0.05, 0) is 31.0 Å². The molecule has 1 aliphatic rings. The Hall–Kier alpha value is -1.27. The maximum absolute atomic E-state index is 13.3. The summed E-state index contributed by atoms with van der Waals surface area (Å²) in [6.07, 6.45) is -3.84. The van der Waals surface area contributed by atoms with Gasteiger partial charge in [0.1, 0.15) is 0 Å². The average Bonchev–Trinajstić information content (AvgIpc) is 2.45. The van der Waals surface area contributed by atoms with Crippen LogP contribution in [0.5, 0.6) is 0 Å². The fourth-order valence-corrected chi connectivity index (χ4v) is 2.64. The summed E-state index contributed by atoms with van der Waals surface area (Å²) in [5, 5.41) is 9.07. The number of benzene rings is 1. The lowest BCUT2D eigenvalue weighted by atomic mass is 10.0. The van der Waals surface area contributed by atoms with E-state index in [9.17, 15) is 13.2 Å². The van der Waals surface area contributed by atoms with Crippen molar-refractivity contribution in [1.82, 2.24) is 0 Å². The first kappa shape index (κ1) is 16.1. The molecule has 0 bridgehead atoms. The van der Waals surface area contributed by atoms with Gasteiger partial charge >= 0.3 is 6.18 Å². The molecule has 21 heavy (non-hydrogen) atoms. The summed E-state index contributed by atoms with van der Waals surface area (Å²) in [5.74, 6) is 0. The number of anilines is 1. The summed E-state index contributed by atoms with van der Waals surface area (Å²) in [4.78, 5) is 1.78. The van der Waals surface area contributed by atoms with E-state index in [1.165, 1.54) is 12.1 Å². The van der Waals surface area contributed by atoms with Gasteiger partial charge in [0.15, 0.2) is 0 Å². The van der Waals surface area contributed by atoms with Crippen molar-refractivity contribution in [3.05, 3.63) is 29.3 Å². The number of aliphatic hydroxyl groups excluding tert-OH is 1. The minimum Gasteiger partial charge on any atom is -0.392 e. The third-order valence-corrected chi connectivity index (χ3v) is 3.80. The lowest BCUT2D eigenvalue weighted by molar-refractivity contribution is -0.137. The lowest BCUT2D eigenvalue weighted by Crippen LogP contribution is -2.49. The van der Waals surface area contributed by atoms with Crippen molar-refractivity contribution in [2.45, 2.75) is 45.2 Å². The molecule has 1 aliphatic heterocycles. The molecule has 1 fully saturated rings. The number of morpholine rings is 1. The van der Waals surface area contributed by atoms with Crippen LogP contribution in [0.15, 0.2) is 18.2 Å². The molecule has 0 aliphatic carbocycles. The fraction of sp³-hybridized carbons (Fsp3) is 0.600. The van der Waals surface area contributed by atoms with E-state index < -0.39 is 18.3 Å². The summed E-state index contributed by atoms with van der Waals surface area (Å²) in [6.45, 7) is 4.25. The Kier molecular flexibility index (Phi) is 4.78. The van der Waals surface area contributed by atoms with Crippen LogP contribution in [0.3, 0.4) is 0 Å². The Morgan fingerprint density at radius 2 is 2.10 bits per heavy atom. The van der Waals surface area contributed by atoms with Crippen molar-refractivity contribution in [3.8, 4) is 0 Å². The number of hydrogen-bond donors (Lipinski definition) is 1. The van der Waals surface area contributed by atoms with Crippen molar-refractivity contribution < 1.29 is 23.0 Å². The second-order valence-corrected chi connectivity index (χ2v) is 5.37. The zero-order valence-electron chi connectivity index (χ0n) is 12.2. The van der Waals surface area contributed by atoms with Crippen LogP contribution in [0.1, 0.15) is 31.4 Å². The van der Waals surface area contributed by atoms with E-state index in [0.29, 0.717) is 19.6 Å². The van der Waals surface area contributed by atoms with Gasteiger partial charge in [0.25, 0.3) is 0 Å². The van der Waals surface area contributed by atoms with E-state index >= 15 is 0 Å². The number of alkyl halides is 3. The van der Waals surface area contributed by atoms with Crippen LogP contribution in [-0.4, -0.2) is 30.4 Å². The molecule has 6 heteroatoms. The molecule has 2 atom stereocenters. The zero-order chi connectivity index (χ0) is 15.6. The van der Waals surface area contributed by atoms with Gasteiger partial charge in [0, 0.05) is 12.2 Å². The highest BCUT2D eigenvalue weighted by Gasteiger charge is 2.37. The van der Waals surface area contributed by atoms with E-state index in [1.807, 2.05) is 13.8 Å². The number of aliphatic hydroxyl groups is 1. The number of ether oxygens (including phenoxy) is 1. The second-order valence-electron chi connectivity index (χ2n) is 5.37. The highest BCUT2D eigenvalue weighted by molar-refractivity contribution is 5.57. The van der Waals surface area contributed by atoms with Crippen molar-refractivity contribution in [2.75, 3.05) is 18.1 Å². The van der Waals surface area contributed by atoms with Crippen LogP contribution >= 0.6 is 0 Å². The number of nitrogens with zero attached hydrogens (tertiary/aromatic N) is 1. The molecule has 0 spiro atoms. The van der Waals surface area contributed by atoms with Crippen LogP contribution in [0.2, 0.25) is 0 Å². The monoisotopic (exact) mass is 303 g/mol.